The van der Waals surface area contributed by atoms with E-state index in [0.29, 0.717) is 0 Å². The summed E-state index contributed by atoms with van der Waals surface area (Å²) in [5.41, 5.74) is 8.41. The van der Waals surface area contributed by atoms with Crippen LogP contribution in [0.25, 0.3) is 11.0 Å². The van der Waals surface area contributed by atoms with Crippen LogP contribution in [0.15, 0.2) is 18.5 Å². The molecule has 2 aromatic rings. The number of nitrogens with one attached hydrogen (secondary N) is 1. The van der Waals surface area contributed by atoms with Gasteiger partial charge in [0.05, 0.1) is 11.9 Å². The molecule has 0 atom stereocenters. The van der Waals surface area contributed by atoms with Crippen LogP contribution in [0.2, 0.25) is 0 Å². The predicted octanol–water partition coefficient (Wildman–Crippen LogP) is 1.45. The molecule has 0 aliphatic heterocycles. The van der Waals surface area contributed by atoms with E-state index in [1.165, 1.54) is 0 Å². The molecule has 56 valence electrons. The number of H-pyrrole nitrogens is 1. The van der Waals surface area contributed by atoms with Crippen molar-refractivity contribution in [1.29, 1.82) is 0 Å². The third kappa shape index (κ3) is 0.774. The molecule has 0 saturated heterocycles. The van der Waals surface area contributed by atoms with Gasteiger partial charge < -0.3 is 10.7 Å². The second kappa shape index (κ2) is 1.99. The number of aromatic amines is 1. The minimum atomic E-state index is 0.747. The number of fused-ring (bicyclic) bond motifs is 1. The monoisotopic (exact) mass is 147 g/mol. The zero-order valence-corrected chi connectivity index (χ0v) is 6.26. The van der Waals surface area contributed by atoms with Crippen LogP contribution in [-0.2, 0) is 0 Å². The Labute approximate surface area is 64.2 Å². The van der Waals surface area contributed by atoms with Crippen molar-refractivity contribution in [2.75, 3.05) is 5.73 Å². The number of aromatic nitrogens is 2. The summed E-state index contributed by atoms with van der Waals surface area (Å²) in [7, 11) is 0. The highest BCUT2D eigenvalue weighted by molar-refractivity contribution is 5.83. The molecule has 3 nitrogen and oxygen atoms in total. The van der Waals surface area contributed by atoms with E-state index >= 15 is 0 Å². The molecule has 2 rings (SSSR count). The molecule has 0 saturated carbocycles. The summed E-state index contributed by atoms with van der Waals surface area (Å²) in [6, 6.07) is 1.98. The van der Waals surface area contributed by atoms with Crippen LogP contribution in [0.5, 0.6) is 0 Å². The topological polar surface area (TPSA) is 54.7 Å². The quantitative estimate of drug-likeness (QED) is 0.592. The molecule has 0 aliphatic rings. The van der Waals surface area contributed by atoms with Crippen molar-refractivity contribution in [2.24, 2.45) is 0 Å². The Balaban J connectivity index is 2.93. The maximum atomic E-state index is 5.67. The molecule has 0 aromatic carbocycles. The van der Waals surface area contributed by atoms with E-state index in [-0.39, 0.29) is 0 Å². The second-order valence-corrected chi connectivity index (χ2v) is 2.58. The van der Waals surface area contributed by atoms with Crippen molar-refractivity contribution in [3.63, 3.8) is 0 Å². The van der Waals surface area contributed by atoms with Crippen LogP contribution >= 0.6 is 0 Å². The standard InChI is InChI=1S/C8H9N3/c1-5-6-2-3-10-8(6)11-4-7(5)9/h2-4H,9H2,1H3,(H,10,11). The lowest BCUT2D eigenvalue weighted by atomic mass is 10.2. The Morgan fingerprint density at radius 2 is 2.36 bits per heavy atom. The van der Waals surface area contributed by atoms with Gasteiger partial charge in [-0.1, -0.05) is 0 Å². The van der Waals surface area contributed by atoms with E-state index < -0.39 is 0 Å². The molecule has 0 unspecified atom stereocenters. The lowest BCUT2D eigenvalue weighted by molar-refractivity contribution is 1.31. The van der Waals surface area contributed by atoms with Gasteiger partial charge >= 0.3 is 0 Å². The van der Waals surface area contributed by atoms with Gasteiger partial charge in [-0.2, -0.15) is 0 Å². The Hall–Kier alpha value is -1.51. The lowest BCUT2D eigenvalue weighted by Crippen LogP contribution is -1.91. The fraction of sp³-hybridized carbons (Fsp3) is 0.125. The van der Waals surface area contributed by atoms with E-state index in [9.17, 15) is 0 Å². The number of pyridine rings is 1. The highest BCUT2D eigenvalue weighted by Gasteiger charge is 2.00. The molecular formula is C8H9N3. The smallest absolute Gasteiger partial charge is 0.137 e. The summed E-state index contributed by atoms with van der Waals surface area (Å²) in [5.74, 6) is 0. The molecule has 3 heteroatoms. The Morgan fingerprint density at radius 3 is 3.18 bits per heavy atom. The number of nitrogens with zero attached hydrogens (tertiary/aromatic N) is 1. The molecule has 0 aliphatic carbocycles. The second-order valence-electron chi connectivity index (χ2n) is 2.58. The summed E-state index contributed by atoms with van der Waals surface area (Å²) < 4.78 is 0. The molecule has 0 spiro atoms. The summed E-state index contributed by atoms with van der Waals surface area (Å²) >= 11 is 0. The summed E-state index contributed by atoms with van der Waals surface area (Å²) in [6.45, 7) is 1.99. The van der Waals surface area contributed by atoms with Crippen LogP contribution in [0.1, 0.15) is 5.56 Å². The number of nitrogens with two attached hydrogens (primary N) is 1. The lowest BCUT2D eigenvalue weighted by Gasteiger charge is -1.98. The molecule has 0 fully saturated rings. The maximum absolute atomic E-state index is 5.67. The Kier molecular flexibility index (Phi) is 1.12. The van der Waals surface area contributed by atoms with Crippen molar-refractivity contribution in [1.82, 2.24) is 9.97 Å². The van der Waals surface area contributed by atoms with Gasteiger partial charge in [-0.25, -0.2) is 4.98 Å². The van der Waals surface area contributed by atoms with Crippen molar-refractivity contribution < 1.29 is 0 Å². The molecule has 2 aromatic heterocycles. The maximum Gasteiger partial charge on any atom is 0.137 e. The predicted molar refractivity (Wildman–Crippen MR) is 45.2 cm³/mol. The summed E-state index contributed by atoms with van der Waals surface area (Å²) in [6.07, 6.45) is 3.54. The average Bonchev–Trinajstić information content (AvgIpc) is 2.45. The molecule has 0 bridgehead atoms. The minimum absolute atomic E-state index is 0.747. The van der Waals surface area contributed by atoms with Crippen molar-refractivity contribution in [3.05, 3.63) is 24.0 Å². The van der Waals surface area contributed by atoms with Crippen molar-refractivity contribution in [2.45, 2.75) is 6.92 Å². The molecule has 11 heavy (non-hydrogen) atoms. The molecule has 3 N–H and O–H groups in total. The third-order valence-electron chi connectivity index (χ3n) is 1.89. The van der Waals surface area contributed by atoms with Crippen LogP contribution in [0.4, 0.5) is 5.69 Å². The van der Waals surface area contributed by atoms with Crippen LogP contribution in [0, 0.1) is 6.92 Å². The first-order valence-corrected chi connectivity index (χ1v) is 3.47. The number of hydrogen-bond donors (Lipinski definition) is 2. The van der Waals surface area contributed by atoms with Crippen LogP contribution in [0.3, 0.4) is 0 Å². The fourth-order valence-corrected chi connectivity index (χ4v) is 1.16. The van der Waals surface area contributed by atoms with Gasteiger partial charge in [0.25, 0.3) is 0 Å². The van der Waals surface area contributed by atoms with Crippen LogP contribution in [-0.4, -0.2) is 9.97 Å². The number of rotatable bonds is 0. The van der Waals surface area contributed by atoms with Gasteiger partial charge in [-0.05, 0) is 18.6 Å². The SMILES string of the molecule is Cc1c(N)cnc2[nH]ccc12. The average molecular weight is 147 g/mol. The van der Waals surface area contributed by atoms with Gasteiger partial charge in [-0.15, -0.1) is 0 Å². The fourth-order valence-electron chi connectivity index (χ4n) is 1.16. The highest BCUT2D eigenvalue weighted by atomic mass is 14.8. The Bertz CT molecular complexity index is 389. The first-order chi connectivity index (χ1) is 5.29. The minimum Gasteiger partial charge on any atom is -0.397 e. The molecule has 0 amide bonds. The van der Waals surface area contributed by atoms with Gasteiger partial charge in [0.1, 0.15) is 5.65 Å². The third-order valence-corrected chi connectivity index (χ3v) is 1.89. The van der Waals surface area contributed by atoms with Gasteiger partial charge in [-0.3, -0.25) is 0 Å². The zero-order chi connectivity index (χ0) is 7.84. The molecule has 0 radical (unpaired) electrons. The zero-order valence-electron chi connectivity index (χ0n) is 6.26. The normalized spacial score (nSPS) is 10.6. The number of hydrogen-bond acceptors (Lipinski definition) is 2. The van der Waals surface area contributed by atoms with Gasteiger partial charge in [0.2, 0.25) is 0 Å². The molecule has 2 heterocycles. The van der Waals surface area contributed by atoms with E-state index in [2.05, 4.69) is 9.97 Å². The van der Waals surface area contributed by atoms with Crippen LogP contribution < -0.4 is 5.73 Å². The molecular weight excluding hydrogens is 138 g/mol. The Morgan fingerprint density at radius 1 is 1.55 bits per heavy atom. The van der Waals surface area contributed by atoms with E-state index in [0.717, 1.165) is 22.3 Å². The summed E-state index contributed by atoms with van der Waals surface area (Å²) in [5, 5.41) is 1.10. The number of anilines is 1. The summed E-state index contributed by atoms with van der Waals surface area (Å²) in [4.78, 5) is 7.14. The van der Waals surface area contributed by atoms with Crippen molar-refractivity contribution >= 4 is 16.7 Å². The number of nitrogen functional groups attached to an aromatic ring is 1. The van der Waals surface area contributed by atoms with E-state index in [1.807, 2.05) is 19.2 Å². The van der Waals surface area contributed by atoms with Gasteiger partial charge in [0, 0.05) is 11.6 Å². The first kappa shape index (κ1) is 6.22. The van der Waals surface area contributed by atoms with Gasteiger partial charge in [0.15, 0.2) is 0 Å². The first-order valence-electron chi connectivity index (χ1n) is 3.47. The van der Waals surface area contributed by atoms with Crippen molar-refractivity contribution in [3.8, 4) is 0 Å². The van der Waals surface area contributed by atoms with E-state index in [4.69, 9.17) is 5.73 Å². The highest BCUT2D eigenvalue weighted by Crippen LogP contribution is 2.19. The largest absolute Gasteiger partial charge is 0.397 e. The van der Waals surface area contributed by atoms with E-state index in [1.54, 1.807) is 6.20 Å². The number of aryl methyl sites for hydroxylation is 1.